The molecular weight excluding hydrogens is 308 g/mol. The van der Waals surface area contributed by atoms with Crippen molar-refractivity contribution in [2.75, 3.05) is 11.9 Å². The number of hydrogen-bond donors (Lipinski definition) is 1. The molecule has 1 aliphatic rings. The largest absolute Gasteiger partial charge is 0.324 e. The fourth-order valence-corrected chi connectivity index (χ4v) is 2.73. The van der Waals surface area contributed by atoms with E-state index in [-0.39, 0.29) is 6.54 Å². The average Bonchev–Trinajstić information content (AvgIpc) is 3.14. The van der Waals surface area contributed by atoms with Crippen LogP contribution in [0.5, 0.6) is 0 Å². The highest BCUT2D eigenvalue weighted by molar-refractivity contribution is 6.22. The third-order valence-corrected chi connectivity index (χ3v) is 3.86. The molecule has 4 rings (SSSR count). The molecular formula is C17H12N4O3. The average molecular weight is 320 g/mol. The number of carbonyl (C=O) groups is 3. The number of hydrogen-bond acceptors (Lipinski definition) is 4. The molecule has 2 aromatic heterocycles. The van der Waals surface area contributed by atoms with E-state index in [0.29, 0.717) is 16.8 Å². The van der Waals surface area contributed by atoms with Gasteiger partial charge in [-0.25, -0.2) is 4.52 Å². The molecule has 3 amide bonds. The van der Waals surface area contributed by atoms with Gasteiger partial charge in [0.1, 0.15) is 6.54 Å². The number of amides is 3. The maximum atomic E-state index is 12.2. The summed E-state index contributed by atoms with van der Waals surface area (Å²) in [4.78, 5) is 37.7. The highest BCUT2D eigenvalue weighted by atomic mass is 16.2. The number of pyridine rings is 1. The van der Waals surface area contributed by atoms with Crippen LogP contribution in [-0.2, 0) is 4.79 Å². The summed E-state index contributed by atoms with van der Waals surface area (Å²) in [5.41, 5.74) is 2.06. The highest BCUT2D eigenvalue weighted by Gasteiger charge is 2.36. The molecule has 0 radical (unpaired) electrons. The van der Waals surface area contributed by atoms with Crippen LogP contribution in [0.1, 0.15) is 20.7 Å². The zero-order valence-electron chi connectivity index (χ0n) is 12.5. The monoisotopic (exact) mass is 320 g/mol. The van der Waals surface area contributed by atoms with Gasteiger partial charge in [-0.1, -0.05) is 12.1 Å². The highest BCUT2D eigenvalue weighted by Crippen LogP contribution is 2.22. The Kier molecular flexibility index (Phi) is 3.13. The van der Waals surface area contributed by atoms with Crippen molar-refractivity contribution in [3.8, 4) is 0 Å². The van der Waals surface area contributed by atoms with Crippen LogP contribution in [0.25, 0.3) is 5.52 Å². The Balaban J connectivity index is 1.50. The summed E-state index contributed by atoms with van der Waals surface area (Å²) in [5.74, 6) is -1.33. The molecule has 0 saturated carbocycles. The smallest absolute Gasteiger partial charge is 0.262 e. The Morgan fingerprint density at radius 3 is 2.46 bits per heavy atom. The van der Waals surface area contributed by atoms with Crippen molar-refractivity contribution < 1.29 is 14.4 Å². The first-order valence-corrected chi connectivity index (χ1v) is 7.32. The summed E-state index contributed by atoms with van der Waals surface area (Å²) < 4.78 is 1.67. The SMILES string of the molecule is O=C(CN1C(=O)c2ccccc2C1=O)Nc1ccn2nccc2c1. The zero-order chi connectivity index (χ0) is 16.7. The third kappa shape index (κ3) is 2.23. The summed E-state index contributed by atoms with van der Waals surface area (Å²) in [7, 11) is 0. The molecule has 1 N–H and O–H groups in total. The second kappa shape index (κ2) is 5.31. The molecule has 0 unspecified atom stereocenters. The summed E-state index contributed by atoms with van der Waals surface area (Å²) in [6.07, 6.45) is 3.37. The van der Waals surface area contributed by atoms with Crippen LogP contribution in [0.4, 0.5) is 5.69 Å². The predicted octanol–water partition coefficient (Wildman–Crippen LogP) is 1.57. The minimum Gasteiger partial charge on any atom is -0.324 e. The van der Waals surface area contributed by atoms with Crippen molar-refractivity contribution in [3.63, 3.8) is 0 Å². The third-order valence-electron chi connectivity index (χ3n) is 3.86. The van der Waals surface area contributed by atoms with Gasteiger partial charge in [0, 0.05) is 18.1 Å². The summed E-state index contributed by atoms with van der Waals surface area (Å²) in [5, 5.41) is 6.76. The Bertz CT molecular complexity index is 957. The van der Waals surface area contributed by atoms with E-state index in [0.717, 1.165) is 10.4 Å². The van der Waals surface area contributed by atoms with Crippen LogP contribution >= 0.6 is 0 Å². The van der Waals surface area contributed by atoms with Crippen LogP contribution in [0.2, 0.25) is 0 Å². The fraction of sp³-hybridized carbons (Fsp3) is 0.0588. The predicted molar refractivity (Wildman–Crippen MR) is 85.6 cm³/mol. The molecule has 0 fully saturated rings. The van der Waals surface area contributed by atoms with Gasteiger partial charge < -0.3 is 5.32 Å². The molecule has 3 heterocycles. The van der Waals surface area contributed by atoms with Gasteiger partial charge in [0.05, 0.1) is 16.6 Å². The van der Waals surface area contributed by atoms with E-state index >= 15 is 0 Å². The molecule has 0 aliphatic carbocycles. The minimum absolute atomic E-state index is 0.323. The minimum atomic E-state index is -0.447. The fourth-order valence-electron chi connectivity index (χ4n) is 2.73. The first-order chi connectivity index (χ1) is 11.6. The van der Waals surface area contributed by atoms with Gasteiger partial charge in [-0.3, -0.25) is 19.3 Å². The number of anilines is 1. The lowest BCUT2D eigenvalue weighted by atomic mass is 10.1. The van der Waals surface area contributed by atoms with Crippen molar-refractivity contribution in [2.45, 2.75) is 0 Å². The molecule has 0 saturated heterocycles. The second-order valence-corrected chi connectivity index (χ2v) is 5.41. The molecule has 118 valence electrons. The van der Waals surface area contributed by atoms with E-state index < -0.39 is 17.7 Å². The number of imide groups is 1. The number of carbonyl (C=O) groups excluding carboxylic acids is 3. The molecule has 0 spiro atoms. The standard InChI is InChI=1S/C17H12N4O3/c22-15(19-11-6-8-21-12(9-11)5-7-18-21)10-20-16(23)13-3-1-2-4-14(13)17(20)24/h1-9H,10H2,(H,19,22). The van der Waals surface area contributed by atoms with E-state index in [9.17, 15) is 14.4 Å². The van der Waals surface area contributed by atoms with Crippen LogP contribution in [0.3, 0.4) is 0 Å². The Hall–Kier alpha value is -3.48. The van der Waals surface area contributed by atoms with Crippen LogP contribution < -0.4 is 5.32 Å². The lowest BCUT2D eigenvalue weighted by Crippen LogP contribution is -2.37. The van der Waals surface area contributed by atoms with Crippen LogP contribution in [-0.4, -0.2) is 38.8 Å². The first-order valence-electron chi connectivity index (χ1n) is 7.32. The maximum Gasteiger partial charge on any atom is 0.262 e. The van der Waals surface area contributed by atoms with Crippen molar-refractivity contribution >= 4 is 28.9 Å². The number of aromatic nitrogens is 2. The Labute approximate surface area is 136 Å². The summed E-state index contributed by atoms with van der Waals surface area (Å²) >= 11 is 0. The molecule has 1 aliphatic heterocycles. The summed E-state index contributed by atoms with van der Waals surface area (Å²) in [6, 6.07) is 11.8. The lowest BCUT2D eigenvalue weighted by molar-refractivity contribution is -0.116. The molecule has 0 atom stereocenters. The number of nitrogens with zero attached hydrogens (tertiary/aromatic N) is 3. The molecule has 7 heteroatoms. The van der Waals surface area contributed by atoms with Gasteiger partial charge in [-0.2, -0.15) is 5.10 Å². The Morgan fingerprint density at radius 2 is 1.75 bits per heavy atom. The molecule has 1 aromatic carbocycles. The molecule has 0 bridgehead atoms. The number of nitrogens with one attached hydrogen (secondary N) is 1. The van der Waals surface area contributed by atoms with E-state index in [1.165, 1.54) is 0 Å². The van der Waals surface area contributed by atoms with E-state index in [4.69, 9.17) is 0 Å². The molecule has 3 aromatic rings. The van der Waals surface area contributed by atoms with Gasteiger partial charge in [0.15, 0.2) is 0 Å². The zero-order valence-corrected chi connectivity index (χ0v) is 12.5. The maximum absolute atomic E-state index is 12.2. The topological polar surface area (TPSA) is 83.8 Å². The quantitative estimate of drug-likeness (QED) is 0.743. The van der Waals surface area contributed by atoms with Crippen molar-refractivity contribution in [3.05, 3.63) is 66.0 Å². The van der Waals surface area contributed by atoms with E-state index in [1.54, 1.807) is 59.4 Å². The van der Waals surface area contributed by atoms with Crippen LogP contribution in [0, 0.1) is 0 Å². The van der Waals surface area contributed by atoms with Gasteiger partial charge in [-0.15, -0.1) is 0 Å². The lowest BCUT2D eigenvalue weighted by Gasteiger charge is -2.13. The molecule has 24 heavy (non-hydrogen) atoms. The van der Waals surface area contributed by atoms with Crippen molar-refractivity contribution in [1.82, 2.24) is 14.5 Å². The van der Waals surface area contributed by atoms with Gasteiger partial charge in [-0.05, 0) is 30.3 Å². The van der Waals surface area contributed by atoms with Crippen molar-refractivity contribution in [2.24, 2.45) is 0 Å². The number of benzene rings is 1. The van der Waals surface area contributed by atoms with Gasteiger partial charge in [0.2, 0.25) is 5.91 Å². The number of rotatable bonds is 3. The van der Waals surface area contributed by atoms with E-state index in [1.807, 2.05) is 0 Å². The van der Waals surface area contributed by atoms with Crippen LogP contribution in [0.15, 0.2) is 54.9 Å². The van der Waals surface area contributed by atoms with Gasteiger partial charge in [0.25, 0.3) is 11.8 Å². The first kappa shape index (κ1) is 14.1. The summed E-state index contributed by atoms with van der Waals surface area (Å²) in [6.45, 7) is -0.323. The van der Waals surface area contributed by atoms with Crippen molar-refractivity contribution in [1.29, 1.82) is 0 Å². The second-order valence-electron chi connectivity index (χ2n) is 5.41. The van der Waals surface area contributed by atoms with Gasteiger partial charge >= 0.3 is 0 Å². The molecule has 7 nitrogen and oxygen atoms in total. The normalized spacial score (nSPS) is 13.4. The van der Waals surface area contributed by atoms with E-state index in [2.05, 4.69) is 10.4 Å². The number of fused-ring (bicyclic) bond motifs is 2. The Morgan fingerprint density at radius 1 is 1.04 bits per heavy atom.